The normalized spacial score (nSPS) is 29.2. The summed E-state index contributed by atoms with van der Waals surface area (Å²) >= 11 is 0. The molecule has 0 radical (unpaired) electrons. The molecule has 2 saturated carbocycles. The van der Waals surface area contributed by atoms with Gasteiger partial charge in [0.2, 0.25) is 0 Å². The molecule has 2 aliphatic rings. The van der Waals surface area contributed by atoms with Crippen molar-refractivity contribution in [3.63, 3.8) is 0 Å². The van der Waals surface area contributed by atoms with Gasteiger partial charge in [-0.05, 0) is 33.1 Å². The Morgan fingerprint density at radius 1 is 1.38 bits per heavy atom. The number of aromatic nitrogens is 3. The molecule has 0 saturated heterocycles. The number of nitrogens with zero attached hydrogens (tertiary/aromatic N) is 3. The highest BCUT2D eigenvalue weighted by molar-refractivity contribution is 5.09. The summed E-state index contributed by atoms with van der Waals surface area (Å²) in [5, 5.41) is 8.03. The Balaban J connectivity index is 1.59. The van der Waals surface area contributed by atoms with Crippen LogP contribution in [0.1, 0.15) is 52.4 Å². The molecular weight excluding hydrogens is 264 g/mol. The molecule has 2 fully saturated rings. The number of hydrogen-bond acceptors (Lipinski definition) is 4. The van der Waals surface area contributed by atoms with Crippen molar-refractivity contribution in [3.8, 4) is 0 Å². The number of rotatable bonds is 6. The Labute approximate surface area is 127 Å². The minimum Gasteiger partial charge on any atom is -0.378 e. The monoisotopic (exact) mass is 292 g/mol. The van der Waals surface area contributed by atoms with Gasteiger partial charge in [-0.2, -0.15) is 5.10 Å². The van der Waals surface area contributed by atoms with Gasteiger partial charge in [-0.15, -0.1) is 0 Å². The molecule has 0 aliphatic heterocycles. The average Bonchev–Trinajstić information content (AvgIpc) is 3.00. The topological polar surface area (TPSA) is 52.0 Å². The van der Waals surface area contributed by atoms with Gasteiger partial charge in [0.25, 0.3) is 0 Å². The largest absolute Gasteiger partial charge is 0.378 e. The molecule has 3 atom stereocenters. The molecule has 5 heteroatoms. The van der Waals surface area contributed by atoms with Crippen molar-refractivity contribution in [2.24, 2.45) is 5.41 Å². The lowest BCUT2D eigenvalue weighted by Crippen LogP contribution is -2.66. The summed E-state index contributed by atoms with van der Waals surface area (Å²) in [4.78, 5) is 4.01. The van der Waals surface area contributed by atoms with Gasteiger partial charge in [0, 0.05) is 24.1 Å². The Morgan fingerprint density at radius 3 is 2.86 bits per heavy atom. The highest BCUT2D eigenvalue weighted by Crippen LogP contribution is 2.53. The second kappa shape index (κ2) is 6.44. The smallest absolute Gasteiger partial charge is 0.137 e. The molecule has 0 amide bonds. The first-order valence-electron chi connectivity index (χ1n) is 8.44. The fourth-order valence-corrected chi connectivity index (χ4v) is 4.30. The molecule has 1 N–H and O–H groups in total. The fourth-order valence-electron chi connectivity index (χ4n) is 4.30. The number of hydrogen-bond donors (Lipinski definition) is 1. The van der Waals surface area contributed by atoms with Crippen LogP contribution < -0.4 is 5.32 Å². The van der Waals surface area contributed by atoms with Gasteiger partial charge in [-0.1, -0.05) is 19.3 Å². The summed E-state index contributed by atoms with van der Waals surface area (Å²) in [5.41, 5.74) is 0.394. The van der Waals surface area contributed by atoms with E-state index < -0.39 is 0 Å². The van der Waals surface area contributed by atoms with E-state index in [2.05, 4.69) is 29.2 Å². The zero-order chi connectivity index (χ0) is 14.7. The molecule has 3 rings (SSSR count). The summed E-state index contributed by atoms with van der Waals surface area (Å²) in [7, 11) is 0. The van der Waals surface area contributed by atoms with Crippen LogP contribution in [0.25, 0.3) is 0 Å². The maximum Gasteiger partial charge on any atom is 0.137 e. The first-order chi connectivity index (χ1) is 10.2. The van der Waals surface area contributed by atoms with Crippen LogP contribution in [0.15, 0.2) is 12.7 Å². The second-order valence-corrected chi connectivity index (χ2v) is 6.71. The van der Waals surface area contributed by atoms with E-state index in [1.165, 1.54) is 32.1 Å². The molecule has 5 nitrogen and oxygen atoms in total. The van der Waals surface area contributed by atoms with Crippen LogP contribution in [0, 0.1) is 5.41 Å². The first kappa shape index (κ1) is 15.0. The molecule has 1 aromatic heterocycles. The summed E-state index contributed by atoms with van der Waals surface area (Å²) in [6.45, 7) is 6.08. The second-order valence-electron chi connectivity index (χ2n) is 6.71. The summed E-state index contributed by atoms with van der Waals surface area (Å²) in [5.74, 6) is 0. The van der Waals surface area contributed by atoms with Crippen molar-refractivity contribution in [3.05, 3.63) is 12.7 Å². The molecule has 2 aliphatic carbocycles. The van der Waals surface area contributed by atoms with Crippen molar-refractivity contribution >= 4 is 0 Å². The average molecular weight is 292 g/mol. The lowest BCUT2D eigenvalue weighted by molar-refractivity contribution is -0.152. The SMILES string of the molecule is CCO[C@@H]1C[C@@H](N[C@H](C)Cn2cncn2)C12CCCCC2. The zero-order valence-corrected chi connectivity index (χ0v) is 13.3. The van der Waals surface area contributed by atoms with Gasteiger partial charge in [-0.25, -0.2) is 4.98 Å². The van der Waals surface area contributed by atoms with Gasteiger partial charge in [0.15, 0.2) is 0 Å². The minimum absolute atomic E-state index is 0.394. The Hall–Kier alpha value is -0.940. The molecule has 21 heavy (non-hydrogen) atoms. The van der Waals surface area contributed by atoms with Crippen LogP contribution in [0.3, 0.4) is 0 Å². The van der Waals surface area contributed by atoms with Crippen molar-refractivity contribution in [2.45, 2.75) is 77.1 Å². The minimum atomic E-state index is 0.394. The molecule has 1 spiro atoms. The Bertz CT molecular complexity index is 427. The summed E-state index contributed by atoms with van der Waals surface area (Å²) in [6.07, 6.45) is 11.8. The number of ether oxygens (including phenoxy) is 1. The Kier molecular flexibility index (Phi) is 4.60. The van der Waals surface area contributed by atoms with E-state index in [0.717, 1.165) is 19.6 Å². The van der Waals surface area contributed by atoms with Gasteiger partial charge in [0.05, 0.1) is 12.6 Å². The van der Waals surface area contributed by atoms with E-state index in [9.17, 15) is 0 Å². The molecule has 118 valence electrons. The third-order valence-corrected chi connectivity index (χ3v) is 5.35. The first-order valence-corrected chi connectivity index (χ1v) is 8.44. The van der Waals surface area contributed by atoms with E-state index in [-0.39, 0.29) is 0 Å². The van der Waals surface area contributed by atoms with Gasteiger partial charge >= 0.3 is 0 Å². The van der Waals surface area contributed by atoms with Gasteiger partial charge in [-0.3, -0.25) is 4.68 Å². The lowest BCUT2D eigenvalue weighted by atomic mass is 9.55. The van der Waals surface area contributed by atoms with Crippen molar-refractivity contribution in [2.75, 3.05) is 6.61 Å². The van der Waals surface area contributed by atoms with E-state index in [4.69, 9.17) is 4.74 Å². The van der Waals surface area contributed by atoms with E-state index in [1.807, 2.05) is 4.68 Å². The maximum absolute atomic E-state index is 6.02. The van der Waals surface area contributed by atoms with Crippen molar-refractivity contribution < 1.29 is 4.74 Å². The Morgan fingerprint density at radius 2 is 2.19 bits per heavy atom. The van der Waals surface area contributed by atoms with Gasteiger partial charge < -0.3 is 10.1 Å². The molecule has 1 aromatic rings. The van der Waals surface area contributed by atoms with Crippen LogP contribution in [0.4, 0.5) is 0 Å². The highest BCUT2D eigenvalue weighted by atomic mass is 16.5. The third-order valence-electron chi connectivity index (χ3n) is 5.35. The highest BCUT2D eigenvalue weighted by Gasteiger charge is 2.55. The molecule has 0 aromatic carbocycles. The fraction of sp³-hybridized carbons (Fsp3) is 0.875. The maximum atomic E-state index is 6.02. The predicted octanol–water partition coefficient (Wildman–Crippen LogP) is 2.38. The predicted molar refractivity (Wildman–Crippen MR) is 82.0 cm³/mol. The van der Waals surface area contributed by atoms with Crippen LogP contribution in [-0.4, -0.2) is 39.6 Å². The van der Waals surface area contributed by atoms with Crippen LogP contribution in [-0.2, 0) is 11.3 Å². The van der Waals surface area contributed by atoms with E-state index in [1.54, 1.807) is 12.7 Å². The number of nitrogens with one attached hydrogen (secondary N) is 1. The molecule has 0 bridgehead atoms. The van der Waals surface area contributed by atoms with Crippen molar-refractivity contribution in [1.29, 1.82) is 0 Å². The zero-order valence-electron chi connectivity index (χ0n) is 13.3. The van der Waals surface area contributed by atoms with Gasteiger partial charge in [0.1, 0.15) is 12.7 Å². The van der Waals surface area contributed by atoms with E-state index >= 15 is 0 Å². The van der Waals surface area contributed by atoms with Crippen LogP contribution in [0.2, 0.25) is 0 Å². The summed E-state index contributed by atoms with van der Waals surface area (Å²) in [6, 6.07) is 1.02. The van der Waals surface area contributed by atoms with Crippen LogP contribution in [0.5, 0.6) is 0 Å². The summed E-state index contributed by atoms with van der Waals surface area (Å²) < 4.78 is 7.93. The van der Waals surface area contributed by atoms with E-state index in [0.29, 0.717) is 23.6 Å². The third kappa shape index (κ3) is 2.99. The lowest BCUT2D eigenvalue weighted by Gasteiger charge is -2.58. The van der Waals surface area contributed by atoms with Crippen LogP contribution >= 0.6 is 0 Å². The molecule has 1 heterocycles. The quantitative estimate of drug-likeness (QED) is 0.874. The molecule has 0 unspecified atom stereocenters. The van der Waals surface area contributed by atoms with Crippen molar-refractivity contribution in [1.82, 2.24) is 20.1 Å². The molecular formula is C16H28N4O. The standard InChI is InChI=1S/C16H28N4O/c1-3-21-15-9-14(16(15)7-5-4-6-8-16)19-13(2)10-20-12-17-11-18-20/h11-15,19H,3-10H2,1-2H3/t13-,14-,15-/m1/s1.